The van der Waals surface area contributed by atoms with Gasteiger partial charge in [-0.15, -0.1) is 11.8 Å². The Hall–Kier alpha value is -2.67. The summed E-state index contributed by atoms with van der Waals surface area (Å²) in [5, 5.41) is 9.63. The first kappa shape index (κ1) is 25.0. The molecule has 0 spiro atoms. The highest BCUT2D eigenvalue weighted by atomic mass is 32.2. The molecule has 192 valence electrons. The van der Waals surface area contributed by atoms with Crippen LogP contribution in [0.3, 0.4) is 0 Å². The lowest BCUT2D eigenvalue weighted by atomic mass is 9.98. The van der Waals surface area contributed by atoms with Crippen molar-refractivity contribution in [2.45, 2.75) is 74.8 Å². The normalized spacial score (nSPS) is 22.4. The second kappa shape index (κ2) is 11.6. The van der Waals surface area contributed by atoms with Crippen LogP contribution in [0.2, 0.25) is 0 Å². The monoisotopic (exact) mass is 509 g/mol. The van der Waals surface area contributed by atoms with Crippen LogP contribution in [-0.4, -0.2) is 42.0 Å². The van der Waals surface area contributed by atoms with E-state index in [1.54, 1.807) is 0 Å². The van der Waals surface area contributed by atoms with E-state index in [1.807, 2.05) is 23.9 Å². The average molecular weight is 510 g/mol. The molecule has 7 heteroatoms. The third kappa shape index (κ3) is 5.83. The molecule has 0 amide bonds. The first-order valence-electron chi connectivity index (χ1n) is 13.2. The van der Waals surface area contributed by atoms with Crippen LogP contribution in [0.15, 0.2) is 41.4 Å². The number of aliphatic carboxylic acids is 1. The van der Waals surface area contributed by atoms with Gasteiger partial charge in [-0.1, -0.05) is 25.5 Å². The Kier molecular flexibility index (Phi) is 8.05. The summed E-state index contributed by atoms with van der Waals surface area (Å²) < 4.78 is 17.9. The van der Waals surface area contributed by atoms with Crippen molar-refractivity contribution < 1.29 is 24.1 Å². The quantitative estimate of drug-likeness (QED) is 0.358. The molecule has 2 aromatic rings. The smallest absolute Gasteiger partial charge is 0.303 e. The highest BCUT2D eigenvalue weighted by molar-refractivity contribution is 8.01. The van der Waals surface area contributed by atoms with E-state index in [0.717, 1.165) is 74.5 Å². The van der Waals surface area contributed by atoms with Gasteiger partial charge in [-0.05, 0) is 84.5 Å². The van der Waals surface area contributed by atoms with Crippen LogP contribution in [-0.2, 0) is 22.4 Å². The summed E-state index contributed by atoms with van der Waals surface area (Å²) in [4.78, 5) is 15.9. The molecule has 1 aliphatic carbocycles. The van der Waals surface area contributed by atoms with E-state index in [-0.39, 0.29) is 17.7 Å². The molecule has 6 nitrogen and oxygen atoms in total. The van der Waals surface area contributed by atoms with E-state index in [1.165, 1.54) is 16.7 Å². The summed E-state index contributed by atoms with van der Waals surface area (Å²) in [6, 6.07) is 12.6. The fourth-order valence-electron chi connectivity index (χ4n) is 5.35. The molecule has 1 saturated heterocycles. The average Bonchev–Trinajstić information content (AvgIpc) is 3.48. The molecule has 3 aliphatic rings. The number of carbonyl (C=O) groups is 1. The highest BCUT2D eigenvalue weighted by Crippen LogP contribution is 2.44. The lowest BCUT2D eigenvalue weighted by Gasteiger charge is -2.18. The van der Waals surface area contributed by atoms with Crippen LogP contribution in [0.1, 0.15) is 79.0 Å². The zero-order chi connectivity index (χ0) is 24.9. The summed E-state index contributed by atoms with van der Waals surface area (Å²) in [6.07, 6.45) is 7.12. The summed E-state index contributed by atoms with van der Waals surface area (Å²) in [7, 11) is 0. The van der Waals surface area contributed by atoms with Crippen molar-refractivity contribution in [3.05, 3.63) is 58.7 Å². The van der Waals surface area contributed by atoms with Gasteiger partial charge in [-0.25, -0.2) is 4.99 Å². The standard InChI is InChI=1S/C29H35NO5S/c1-2-5-21-16-22(29-30-28-26(36-29)6-3-13-35-28)9-12-25(21)34-15-4-14-33-23-10-11-24-19(17-23)7-8-20(24)18-27(31)32/h9-12,16-17,20,26,29H,2-8,13-15,18H2,1H3,(H,31,32)/t20-,26?,29?/m1/s1. The van der Waals surface area contributed by atoms with Crippen molar-refractivity contribution in [1.82, 2.24) is 0 Å². The van der Waals surface area contributed by atoms with E-state index >= 15 is 0 Å². The number of fused-ring (bicyclic) bond motifs is 2. The van der Waals surface area contributed by atoms with Gasteiger partial charge in [0.05, 0.1) is 31.5 Å². The number of nitrogens with zero attached hydrogens (tertiary/aromatic N) is 1. The summed E-state index contributed by atoms with van der Waals surface area (Å²) in [6.45, 7) is 4.16. The second-order valence-corrected chi connectivity index (χ2v) is 11.1. The maximum atomic E-state index is 11.1. The molecular weight excluding hydrogens is 474 g/mol. The molecule has 0 radical (unpaired) electrons. The predicted molar refractivity (Wildman–Crippen MR) is 143 cm³/mol. The Morgan fingerprint density at radius 3 is 2.89 bits per heavy atom. The molecule has 5 rings (SSSR count). The molecule has 1 N–H and O–H groups in total. The first-order chi connectivity index (χ1) is 17.6. The number of benzene rings is 2. The van der Waals surface area contributed by atoms with Crippen molar-refractivity contribution in [3.8, 4) is 11.5 Å². The first-order valence-corrected chi connectivity index (χ1v) is 14.1. The van der Waals surface area contributed by atoms with Gasteiger partial charge in [0, 0.05) is 6.42 Å². The zero-order valence-electron chi connectivity index (χ0n) is 20.9. The summed E-state index contributed by atoms with van der Waals surface area (Å²) in [5.74, 6) is 2.12. The minimum atomic E-state index is -0.733. The number of carboxylic acids is 1. The predicted octanol–water partition coefficient (Wildman–Crippen LogP) is 6.31. The zero-order valence-corrected chi connectivity index (χ0v) is 21.7. The Balaban J connectivity index is 1.12. The fourth-order valence-corrected chi connectivity index (χ4v) is 6.68. The number of rotatable bonds is 11. The third-order valence-electron chi connectivity index (χ3n) is 7.12. The number of hydrogen-bond donors (Lipinski definition) is 1. The lowest BCUT2D eigenvalue weighted by molar-refractivity contribution is -0.137. The van der Waals surface area contributed by atoms with Crippen LogP contribution < -0.4 is 9.47 Å². The maximum absolute atomic E-state index is 11.1. The molecule has 0 saturated carbocycles. The van der Waals surface area contributed by atoms with Gasteiger partial charge < -0.3 is 19.3 Å². The van der Waals surface area contributed by atoms with Crippen LogP contribution in [0.4, 0.5) is 0 Å². The number of aliphatic imine (C=N–C) groups is 1. The second-order valence-electron chi connectivity index (χ2n) is 9.80. The molecule has 2 aromatic carbocycles. The van der Waals surface area contributed by atoms with Crippen molar-refractivity contribution in [1.29, 1.82) is 0 Å². The van der Waals surface area contributed by atoms with E-state index in [9.17, 15) is 4.79 Å². The van der Waals surface area contributed by atoms with Crippen molar-refractivity contribution in [2.24, 2.45) is 4.99 Å². The Morgan fingerprint density at radius 2 is 2.06 bits per heavy atom. The van der Waals surface area contributed by atoms with Gasteiger partial charge >= 0.3 is 5.97 Å². The van der Waals surface area contributed by atoms with Gasteiger partial charge in [0.25, 0.3) is 0 Å². The van der Waals surface area contributed by atoms with Crippen molar-refractivity contribution in [2.75, 3.05) is 19.8 Å². The molecular formula is C29H35NO5S. The molecule has 0 aromatic heterocycles. The molecule has 1 fully saturated rings. The minimum Gasteiger partial charge on any atom is -0.493 e. The number of ether oxygens (including phenoxy) is 3. The highest BCUT2D eigenvalue weighted by Gasteiger charge is 2.33. The van der Waals surface area contributed by atoms with Crippen LogP contribution >= 0.6 is 11.8 Å². The molecule has 2 unspecified atom stereocenters. The van der Waals surface area contributed by atoms with E-state index in [4.69, 9.17) is 24.3 Å². The van der Waals surface area contributed by atoms with Crippen LogP contribution in [0, 0.1) is 0 Å². The van der Waals surface area contributed by atoms with Gasteiger partial charge in [0.15, 0.2) is 5.90 Å². The Bertz CT molecular complexity index is 1120. The molecule has 2 aliphatic heterocycles. The number of aryl methyl sites for hydroxylation is 2. The molecule has 3 atom stereocenters. The van der Waals surface area contributed by atoms with Crippen LogP contribution in [0.5, 0.6) is 11.5 Å². The largest absolute Gasteiger partial charge is 0.493 e. The Labute approximate surface area is 217 Å². The minimum absolute atomic E-state index is 0.118. The molecule has 2 heterocycles. The summed E-state index contributed by atoms with van der Waals surface area (Å²) >= 11 is 1.90. The molecule has 0 bridgehead atoms. The van der Waals surface area contributed by atoms with Gasteiger partial charge in [0.2, 0.25) is 0 Å². The van der Waals surface area contributed by atoms with E-state index in [0.29, 0.717) is 18.5 Å². The van der Waals surface area contributed by atoms with Gasteiger partial charge in [-0.2, -0.15) is 0 Å². The van der Waals surface area contributed by atoms with E-state index < -0.39 is 5.97 Å². The lowest BCUT2D eigenvalue weighted by Crippen LogP contribution is -2.23. The number of thioether (sulfide) groups is 1. The molecule has 36 heavy (non-hydrogen) atoms. The van der Waals surface area contributed by atoms with Gasteiger partial charge in [-0.3, -0.25) is 4.79 Å². The number of carboxylic acid groups (broad SMARTS) is 1. The van der Waals surface area contributed by atoms with Gasteiger partial charge in [0.1, 0.15) is 16.9 Å². The topological polar surface area (TPSA) is 77.3 Å². The van der Waals surface area contributed by atoms with E-state index in [2.05, 4.69) is 31.2 Å². The van der Waals surface area contributed by atoms with Crippen molar-refractivity contribution >= 4 is 23.6 Å². The number of hydrogen-bond acceptors (Lipinski definition) is 6. The third-order valence-corrected chi connectivity index (χ3v) is 8.52. The van der Waals surface area contributed by atoms with Crippen molar-refractivity contribution in [3.63, 3.8) is 0 Å². The summed E-state index contributed by atoms with van der Waals surface area (Å²) in [5.41, 5.74) is 4.85. The maximum Gasteiger partial charge on any atom is 0.303 e. The fraction of sp³-hybridized carbons (Fsp3) is 0.517. The Morgan fingerprint density at radius 1 is 1.17 bits per heavy atom. The van der Waals surface area contributed by atoms with Crippen LogP contribution in [0.25, 0.3) is 0 Å². The SMILES string of the molecule is CCCc1cc(C2N=C3OCCCC3S2)ccc1OCCCOc1ccc2c(c1)CC[C@@H]2CC(=O)O.